The summed E-state index contributed by atoms with van der Waals surface area (Å²) in [6.07, 6.45) is 8.56. The smallest absolute Gasteiger partial charge is 0.332 e. The molecule has 184 valence electrons. The minimum atomic E-state index is -0.407. The van der Waals surface area contributed by atoms with E-state index in [0.717, 1.165) is 32.4 Å². The van der Waals surface area contributed by atoms with E-state index in [9.17, 15) is 14.0 Å². The number of hydrogen-bond acceptors (Lipinski definition) is 5. The molecule has 1 saturated heterocycles. The summed E-state index contributed by atoms with van der Waals surface area (Å²) in [5.74, 6) is 0.363. The molecule has 1 aliphatic carbocycles. The third-order valence-electron chi connectivity index (χ3n) is 6.82. The topological polar surface area (TPSA) is 74.3 Å². The highest BCUT2D eigenvalue weighted by molar-refractivity contribution is 5.76. The van der Waals surface area contributed by atoms with Crippen molar-refractivity contribution in [2.45, 2.75) is 52.3 Å². The minimum Gasteiger partial charge on any atom is -0.487 e. The van der Waals surface area contributed by atoms with Crippen molar-refractivity contribution in [3.8, 4) is 5.75 Å². The molecular formula is C26H30FN5O3. The van der Waals surface area contributed by atoms with Crippen LogP contribution in [0, 0.1) is 5.82 Å². The normalized spacial score (nSPS) is 16.3. The highest BCUT2D eigenvalue weighted by atomic mass is 19.1. The lowest BCUT2D eigenvalue weighted by Crippen LogP contribution is -2.39. The highest BCUT2D eigenvalue weighted by Gasteiger charge is 2.25. The molecule has 0 radical (unpaired) electrons. The second-order valence-electron chi connectivity index (χ2n) is 9.00. The summed E-state index contributed by atoms with van der Waals surface area (Å²) in [5, 5.41) is 0. The average Bonchev–Trinajstić information content (AvgIpc) is 3.64. The van der Waals surface area contributed by atoms with Crippen LogP contribution in [-0.4, -0.2) is 42.8 Å². The van der Waals surface area contributed by atoms with Crippen molar-refractivity contribution in [3.63, 3.8) is 0 Å². The molecule has 9 heteroatoms. The van der Waals surface area contributed by atoms with Gasteiger partial charge in [-0.05, 0) is 37.6 Å². The number of halogens is 1. The molecule has 35 heavy (non-hydrogen) atoms. The number of likely N-dealkylation sites (tertiary alicyclic amines) is 1. The van der Waals surface area contributed by atoms with Gasteiger partial charge in [0.05, 0.1) is 0 Å². The summed E-state index contributed by atoms with van der Waals surface area (Å²) in [6.45, 7) is 6.20. The largest absolute Gasteiger partial charge is 0.487 e. The van der Waals surface area contributed by atoms with Gasteiger partial charge in [-0.15, -0.1) is 0 Å². The predicted octanol–water partition coefficient (Wildman–Crippen LogP) is 3.38. The number of imidazole rings is 1. The molecular weight excluding hydrogens is 449 g/mol. The van der Waals surface area contributed by atoms with E-state index in [1.165, 1.54) is 20.9 Å². The van der Waals surface area contributed by atoms with Gasteiger partial charge in [0.15, 0.2) is 22.7 Å². The van der Waals surface area contributed by atoms with Gasteiger partial charge >= 0.3 is 5.69 Å². The maximum absolute atomic E-state index is 14.8. The third kappa shape index (κ3) is 4.31. The second-order valence-corrected chi connectivity index (χ2v) is 9.00. The molecule has 0 spiro atoms. The van der Waals surface area contributed by atoms with Gasteiger partial charge in [0.1, 0.15) is 11.9 Å². The molecule has 0 saturated carbocycles. The number of fused-ring (bicyclic) bond motifs is 1. The molecule has 0 atom stereocenters. The Balaban J connectivity index is 1.35. The molecule has 0 N–H and O–H groups in total. The van der Waals surface area contributed by atoms with Crippen LogP contribution >= 0.6 is 0 Å². The Hall–Kier alpha value is -3.62. The van der Waals surface area contributed by atoms with Crippen molar-refractivity contribution in [2.24, 2.45) is 7.05 Å². The van der Waals surface area contributed by atoms with Gasteiger partial charge in [-0.2, -0.15) is 0 Å². The number of allylic oxidation sites excluding steroid dienone is 2. The molecule has 1 aliphatic heterocycles. The molecule has 0 unspecified atom stereocenters. The van der Waals surface area contributed by atoms with Gasteiger partial charge in [0.25, 0.3) is 5.56 Å². The Labute approximate surface area is 202 Å². The van der Waals surface area contributed by atoms with Crippen LogP contribution in [0.1, 0.15) is 44.5 Å². The number of ether oxygens (including phenoxy) is 1. The van der Waals surface area contributed by atoms with E-state index in [2.05, 4.69) is 16.0 Å². The van der Waals surface area contributed by atoms with Gasteiger partial charge in [-0.3, -0.25) is 13.9 Å². The van der Waals surface area contributed by atoms with E-state index in [1.54, 1.807) is 42.8 Å². The lowest BCUT2D eigenvalue weighted by molar-refractivity contribution is 0.115. The summed E-state index contributed by atoms with van der Waals surface area (Å²) in [4.78, 5) is 32.4. The van der Waals surface area contributed by atoms with E-state index in [-0.39, 0.29) is 29.6 Å². The molecule has 3 aromatic rings. The first-order chi connectivity index (χ1) is 16.9. The summed E-state index contributed by atoms with van der Waals surface area (Å²) in [5.41, 5.74) is 2.06. The first kappa shape index (κ1) is 23.1. The number of hydrogen-bond donors (Lipinski definition) is 0. The Kier molecular flexibility index (Phi) is 6.08. The lowest BCUT2D eigenvalue weighted by atomic mass is 10.1. The Morgan fingerprint density at radius 1 is 1.11 bits per heavy atom. The van der Waals surface area contributed by atoms with Gasteiger partial charge in [-0.25, -0.2) is 14.2 Å². The van der Waals surface area contributed by atoms with Crippen LogP contribution in [0.15, 0.2) is 39.6 Å². The third-order valence-corrected chi connectivity index (χ3v) is 6.82. The van der Waals surface area contributed by atoms with Gasteiger partial charge in [0.2, 0.25) is 0 Å². The molecule has 8 nitrogen and oxygen atoms in total. The van der Waals surface area contributed by atoms with Crippen molar-refractivity contribution >= 4 is 23.3 Å². The summed E-state index contributed by atoms with van der Waals surface area (Å²) >= 11 is 0. The van der Waals surface area contributed by atoms with Gasteiger partial charge < -0.3 is 14.2 Å². The Morgan fingerprint density at radius 2 is 1.83 bits per heavy atom. The highest BCUT2D eigenvalue weighted by Crippen LogP contribution is 2.29. The van der Waals surface area contributed by atoms with Crippen LogP contribution in [0.4, 0.5) is 4.39 Å². The van der Waals surface area contributed by atoms with E-state index in [0.29, 0.717) is 29.1 Å². The standard InChI is InChI=1S/C26H30FN5O3/c1-4-31-24-23(25(33)32(5-2)26(31)34)29(3)22(28-24)11-7-17-6-10-21(20(27)16-17)35-19-12-14-30(15-13-19)18-8-9-18/h6-8,10-11,16,19H,4-5,9,12-15H2,1-3H3/b11-7+. The monoisotopic (exact) mass is 479 g/mol. The number of nitrogens with zero attached hydrogens (tertiary/aromatic N) is 5. The summed E-state index contributed by atoms with van der Waals surface area (Å²) < 4.78 is 25.1. The summed E-state index contributed by atoms with van der Waals surface area (Å²) in [7, 11) is 1.74. The number of piperidine rings is 1. The van der Waals surface area contributed by atoms with E-state index in [1.807, 2.05) is 6.92 Å². The van der Waals surface area contributed by atoms with Crippen molar-refractivity contribution in [1.29, 1.82) is 0 Å². The van der Waals surface area contributed by atoms with Gasteiger partial charge in [0, 0.05) is 58.2 Å². The van der Waals surface area contributed by atoms with Crippen LogP contribution in [-0.2, 0) is 20.1 Å². The molecule has 0 bridgehead atoms. The van der Waals surface area contributed by atoms with Crippen molar-refractivity contribution in [2.75, 3.05) is 13.1 Å². The minimum absolute atomic E-state index is 0.0184. The fourth-order valence-corrected chi connectivity index (χ4v) is 4.72. The first-order valence-corrected chi connectivity index (χ1v) is 12.2. The van der Waals surface area contributed by atoms with E-state index < -0.39 is 5.82 Å². The van der Waals surface area contributed by atoms with Crippen LogP contribution in [0.25, 0.3) is 23.3 Å². The van der Waals surface area contributed by atoms with E-state index >= 15 is 0 Å². The predicted molar refractivity (Wildman–Crippen MR) is 134 cm³/mol. The molecule has 3 heterocycles. The Bertz CT molecular complexity index is 1450. The fourth-order valence-electron chi connectivity index (χ4n) is 4.72. The number of aryl methyl sites for hydroxylation is 2. The fraction of sp³-hybridized carbons (Fsp3) is 0.423. The van der Waals surface area contributed by atoms with E-state index in [4.69, 9.17) is 4.74 Å². The summed E-state index contributed by atoms with van der Waals surface area (Å²) in [6, 6.07) is 4.90. The zero-order chi connectivity index (χ0) is 24.7. The Morgan fingerprint density at radius 3 is 2.46 bits per heavy atom. The molecule has 1 aromatic carbocycles. The quantitative estimate of drug-likeness (QED) is 0.520. The first-order valence-electron chi connectivity index (χ1n) is 12.2. The molecule has 2 aromatic heterocycles. The molecule has 0 amide bonds. The number of benzene rings is 1. The average molecular weight is 480 g/mol. The van der Waals surface area contributed by atoms with Crippen molar-refractivity contribution in [3.05, 3.63) is 68.0 Å². The van der Waals surface area contributed by atoms with Crippen LogP contribution in [0.5, 0.6) is 5.75 Å². The zero-order valence-corrected chi connectivity index (χ0v) is 20.3. The zero-order valence-electron chi connectivity index (χ0n) is 20.3. The molecule has 5 rings (SSSR count). The number of aromatic nitrogens is 4. The lowest BCUT2D eigenvalue weighted by Gasteiger charge is -2.32. The SMILES string of the molecule is CCn1c(=O)c2c(nc(/C=C/c3ccc(OC4CCN(C5=CC5)CC4)c(F)c3)n2C)n(CC)c1=O. The van der Waals surface area contributed by atoms with Gasteiger partial charge in [-0.1, -0.05) is 18.2 Å². The maximum atomic E-state index is 14.8. The second kappa shape index (κ2) is 9.20. The maximum Gasteiger partial charge on any atom is 0.332 e. The van der Waals surface area contributed by atoms with Crippen LogP contribution < -0.4 is 16.0 Å². The molecule has 1 fully saturated rings. The van der Waals surface area contributed by atoms with Crippen molar-refractivity contribution in [1.82, 2.24) is 23.6 Å². The van der Waals surface area contributed by atoms with Crippen molar-refractivity contribution < 1.29 is 9.13 Å². The van der Waals surface area contributed by atoms with Crippen LogP contribution in [0.3, 0.4) is 0 Å². The number of rotatable bonds is 7. The van der Waals surface area contributed by atoms with Crippen LogP contribution in [0.2, 0.25) is 0 Å². The molecule has 2 aliphatic rings.